The van der Waals surface area contributed by atoms with Gasteiger partial charge in [0.05, 0.1) is 11.6 Å². The molecule has 3 rings (SSSR count). The molecule has 2 atom stereocenters. The fraction of sp³-hybridized carbons (Fsp3) is 0.417. The summed E-state index contributed by atoms with van der Waals surface area (Å²) in [6, 6.07) is 3.99. The second kappa shape index (κ2) is 3.79. The molecule has 1 aliphatic carbocycles. The molecule has 0 aromatic carbocycles. The lowest BCUT2D eigenvalue weighted by atomic mass is 10.3. The van der Waals surface area contributed by atoms with Crippen molar-refractivity contribution in [2.75, 3.05) is 0 Å². The quantitative estimate of drug-likeness (QED) is 0.838. The first-order valence-corrected chi connectivity index (χ1v) is 5.57. The zero-order chi connectivity index (χ0) is 11.0. The highest BCUT2D eigenvalue weighted by atomic mass is 16.5. The van der Waals surface area contributed by atoms with E-state index >= 15 is 0 Å². The van der Waals surface area contributed by atoms with Gasteiger partial charge in [0, 0.05) is 12.2 Å². The lowest BCUT2D eigenvalue weighted by Crippen LogP contribution is -2.19. The standard InChI is InChI=1S/C12H14N2O2/c13-8-1-2-9(7-8)16-12-10-4-6-15-11(10)3-5-14-12/h3-6,8-9H,1-2,7,13H2. The average Bonchev–Trinajstić information content (AvgIpc) is 2.87. The van der Waals surface area contributed by atoms with E-state index < -0.39 is 0 Å². The zero-order valence-electron chi connectivity index (χ0n) is 8.93. The van der Waals surface area contributed by atoms with Crippen LogP contribution in [0.1, 0.15) is 19.3 Å². The van der Waals surface area contributed by atoms with E-state index in [2.05, 4.69) is 4.98 Å². The molecule has 2 N–H and O–H groups in total. The highest BCUT2D eigenvalue weighted by Crippen LogP contribution is 2.28. The van der Waals surface area contributed by atoms with Gasteiger partial charge in [0.1, 0.15) is 11.7 Å². The minimum atomic E-state index is 0.197. The summed E-state index contributed by atoms with van der Waals surface area (Å²) in [4.78, 5) is 4.24. The third-order valence-electron chi connectivity index (χ3n) is 3.05. The van der Waals surface area contributed by atoms with Crippen LogP contribution in [0.3, 0.4) is 0 Å². The number of furan rings is 1. The van der Waals surface area contributed by atoms with Gasteiger partial charge in [-0.1, -0.05) is 0 Å². The highest BCUT2D eigenvalue weighted by Gasteiger charge is 2.24. The molecule has 0 spiro atoms. The number of nitrogens with two attached hydrogens (primary N) is 1. The van der Waals surface area contributed by atoms with Crippen molar-refractivity contribution in [1.29, 1.82) is 0 Å². The Labute approximate surface area is 93.4 Å². The molecule has 0 bridgehead atoms. The van der Waals surface area contributed by atoms with E-state index in [1.807, 2.05) is 12.1 Å². The van der Waals surface area contributed by atoms with Crippen molar-refractivity contribution in [2.24, 2.45) is 5.73 Å². The van der Waals surface area contributed by atoms with Gasteiger partial charge in [-0.15, -0.1) is 0 Å². The van der Waals surface area contributed by atoms with Crippen molar-refractivity contribution in [1.82, 2.24) is 4.98 Å². The predicted molar refractivity (Wildman–Crippen MR) is 60.3 cm³/mol. The highest BCUT2D eigenvalue weighted by molar-refractivity contribution is 5.81. The van der Waals surface area contributed by atoms with Crippen molar-refractivity contribution >= 4 is 11.0 Å². The number of nitrogens with zero attached hydrogens (tertiary/aromatic N) is 1. The van der Waals surface area contributed by atoms with Crippen LogP contribution in [0.25, 0.3) is 11.0 Å². The summed E-state index contributed by atoms with van der Waals surface area (Å²) in [5.41, 5.74) is 6.66. The van der Waals surface area contributed by atoms with Crippen LogP contribution in [0.4, 0.5) is 0 Å². The lowest BCUT2D eigenvalue weighted by molar-refractivity contribution is 0.202. The molecule has 4 nitrogen and oxygen atoms in total. The third-order valence-corrected chi connectivity index (χ3v) is 3.05. The first kappa shape index (κ1) is 9.66. The lowest BCUT2D eigenvalue weighted by Gasteiger charge is -2.12. The Bertz CT molecular complexity index is 494. The monoisotopic (exact) mass is 218 g/mol. The van der Waals surface area contributed by atoms with E-state index in [4.69, 9.17) is 14.9 Å². The van der Waals surface area contributed by atoms with E-state index in [0.29, 0.717) is 5.88 Å². The fourth-order valence-corrected chi connectivity index (χ4v) is 2.20. The third kappa shape index (κ3) is 1.65. The normalized spacial score (nSPS) is 25.1. The molecule has 0 amide bonds. The summed E-state index contributed by atoms with van der Waals surface area (Å²) >= 11 is 0. The zero-order valence-corrected chi connectivity index (χ0v) is 8.93. The molecule has 84 valence electrons. The number of hydrogen-bond acceptors (Lipinski definition) is 4. The van der Waals surface area contributed by atoms with Crippen LogP contribution in [0, 0.1) is 0 Å². The fourth-order valence-electron chi connectivity index (χ4n) is 2.20. The Morgan fingerprint density at radius 3 is 3.12 bits per heavy atom. The first-order valence-electron chi connectivity index (χ1n) is 5.57. The molecule has 1 fully saturated rings. The Kier molecular flexibility index (Phi) is 2.29. The second-order valence-corrected chi connectivity index (χ2v) is 4.26. The SMILES string of the molecule is NC1CCC(Oc2nccc3occc23)C1. The molecule has 16 heavy (non-hydrogen) atoms. The van der Waals surface area contributed by atoms with Crippen LogP contribution in [-0.4, -0.2) is 17.1 Å². The minimum Gasteiger partial charge on any atom is -0.474 e. The van der Waals surface area contributed by atoms with Gasteiger partial charge >= 0.3 is 0 Å². The second-order valence-electron chi connectivity index (χ2n) is 4.26. The maximum atomic E-state index is 5.87. The van der Waals surface area contributed by atoms with Gasteiger partial charge in [-0.2, -0.15) is 0 Å². The van der Waals surface area contributed by atoms with E-state index in [1.54, 1.807) is 12.5 Å². The van der Waals surface area contributed by atoms with Gasteiger partial charge in [-0.3, -0.25) is 0 Å². The van der Waals surface area contributed by atoms with Gasteiger partial charge in [-0.05, 0) is 31.4 Å². The summed E-state index contributed by atoms with van der Waals surface area (Å²) in [6.07, 6.45) is 6.51. The van der Waals surface area contributed by atoms with Crippen LogP contribution < -0.4 is 10.5 Å². The number of hydrogen-bond donors (Lipinski definition) is 1. The van der Waals surface area contributed by atoms with Gasteiger partial charge in [0.25, 0.3) is 0 Å². The first-order chi connectivity index (χ1) is 7.83. The molecule has 2 aromatic heterocycles. The molecule has 0 saturated heterocycles. The van der Waals surface area contributed by atoms with Crippen LogP contribution >= 0.6 is 0 Å². The molecule has 2 heterocycles. The largest absolute Gasteiger partial charge is 0.474 e. The van der Waals surface area contributed by atoms with Crippen LogP contribution in [-0.2, 0) is 0 Å². The Balaban J connectivity index is 1.86. The molecule has 0 aliphatic heterocycles. The summed E-state index contributed by atoms with van der Waals surface area (Å²) in [6.45, 7) is 0. The number of pyridine rings is 1. The summed E-state index contributed by atoms with van der Waals surface area (Å²) < 4.78 is 11.2. The molecular weight excluding hydrogens is 204 g/mol. The van der Waals surface area contributed by atoms with Gasteiger partial charge in [-0.25, -0.2) is 4.98 Å². The topological polar surface area (TPSA) is 61.3 Å². The van der Waals surface area contributed by atoms with E-state index in [9.17, 15) is 0 Å². The Morgan fingerprint density at radius 1 is 1.38 bits per heavy atom. The molecule has 1 saturated carbocycles. The molecular formula is C12H14N2O2. The van der Waals surface area contributed by atoms with Crippen molar-refractivity contribution < 1.29 is 9.15 Å². The number of aromatic nitrogens is 1. The molecule has 1 aliphatic rings. The average molecular weight is 218 g/mol. The van der Waals surface area contributed by atoms with Crippen molar-refractivity contribution in [3.8, 4) is 5.88 Å². The van der Waals surface area contributed by atoms with Crippen molar-refractivity contribution in [2.45, 2.75) is 31.4 Å². The van der Waals surface area contributed by atoms with Gasteiger partial charge in [0.15, 0.2) is 0 Å². The van der Waals surface area contributed by atoms with Crippen molar-refractivity contribution in [3.63, 3.8) is 0 Å². The molecule has 0 radical (unpaired) electrons. The van der Waals surface area contributed by atoms with Crippen LogP contribution in [0.15, 0.2) is 29.0 Å². The molecule has 2 aromatic rings. The summed E-state index contributed by atoms with van der Waals surface area (Å²) in [5.74, 6) is 0.658. The van der Waals surface area contributed by atoms with E-state index in [0.717, 1.165) is 30.2 Å². The predicted octanol–water partition coefficient (Wildman–Crippen LogP) is 2.09. The summed E-state index contributed by atoms with van der Waals surface area (Å²) in [5, 5.41) is 0.933. The Morgan fingerprint density at radius 2 is 2.31 bits per heavy atom. The van der Waals surface area contributed by atoms with E-state index in [-0.39, 0.29) is 12.1 Å². The molecule has 2 unspecified atom stereocenters. The molecule has 4 heteroatoms. The number of ether oxygens (including phenoxy) is 1. The van der Waals surface area contributed by atoms with Gasteiger partial charge in [0.2, 0.25) is 5.88 Å². The van der Waals surface area contributed by atoms with Crippen LogP contribution in [0.2, 0.25) is 0 Å². The van der Waals surface area contributed by atoms with Crippen LogP contribution in [0.5, 0.6) is 5.88 Å². The minimum absolute atomic E-state index is 0.197. The van der Waals surface area contributed by atoms with Crippen molar-refractivity contribution in [3.05, 3.63) is 24.6 Å². The number of fused-ring (bicyclic) bond motifs is 1. The number of rotatable bonds is 2. The maximum Gasteiger partial charge on any atom is 0.224 e. The van der Waals surface area contributed by atoms with E-state index in [1.165, 1.54) is 0 Å². The van der Waals surface area contributed by atoms with Gasteiger partial charge < -0.3 is 14.9 Å². The smallest absolute Gasteiger partial charge is 0.224 e. The summed E-state index contributed by atoms with van der Waals surface area (Å²) in [7, 11) is 0. The Hall–Kier alpha value is -1.55. The maximum absolute atomic E-state index is 5.87.